The van der Waals surface area contributed by atoms with E-state index in [4.69, 9.17) is 18.9 Å². The molecule has 0 bridgehead atoms. The van der Waals surface area contributed by atoms with Crippen molar-refractivity contribution < 1.29 is 64.6 Å². The van der Waals surface area contributed by atoms with Crippen LogP contribution in [-0.2, 0) is 23.7 Å². The zero-order valence-corrected chi connectivity index (χ0v) is 65.1. The zero-order valence-electron chi connectivity index (χ0n) is 65.1. The van der Waals surface area contributed by atoms with Crippen molar-refractivity contribution in [3.8, 4) is 0 Å². The van der Waals surface area contributed by atoms with Gasteiger partial charge in [0.25, 0.3) is 0 Å². The molecule has 12 unspecified atom stereocenters. The van der Waals surface area contributed by atoms with Gasteiger partial charge in [0, 0.05) is 6.42 Å². The van der Waals surface area contributed by atoms with Crippen LogP contribution in [0.15, 0.2) is 97.2 Å². The lowest BCUT2D eigenvalue weighted by molar-refractivity contribution is -0.359. The van der Waals surface area contributed by atoms with Gasteiger partial charge in [-0.15, -0.1) is 0 Å². The molecule has 14 nitrogen and oxygen atoms in total. The molecule has 102 heavy (non-hydrogen) atoms. The predicted octanol–water partition coefficient (Wildman–Crippen LogP) is 20.0. The summed E-state index contributed by atoms with van der Waals surface area (Å²) in [6.07, 6.45) is 84.9. The number of allylic oxidation sites excluding steroid dienone is 15. The van der Waals surface area contributed by atoms with Gasteiger partial charge in [-0.05, 0) is 77.0 Å². The number of carbonyl (C=O) groups is 1. The van der Waals surface area contributed by atoms with Crippen LogP contribution < -0.4 is 5.32 Å². The second-order valence-corrected chi connectivity index (χ2v) is 29.6. The highest BCUT2D eigenvalue weighted by atomic mass is 16.7. The third-order valence-electron chi connectivity index (χ3n) is 20.3. The molecule has 0 radical (unpaired) electrons. The van der Waals surface area contributed by atoms with Gasteiger partial charge in [-0.1, -0.05) is 374 Å². The number of hydrogen-bond acceptors (Lipinski definition) is 13. The Morgan fingerprint density at radius 2 is 0.676 bits per heavy atom. The van der Waals surface area contributed by atoms with Gasteiger partial charge in [0.2, 0.25) is 5.91 Å². The van der Waals surface area contributed by atoms with E-state index in [-0.39, 0.29) is 18.9 Å². The molecule has 2 rings (SSSR count). The van der Waals surface area contributed by atoms with E-state index in [0.29, 0.717) is 6.42 Å². The standard InChI is InChI=1S/C88H157NO13/c1-3-5-7-9-11-13-15-17-19-21-23-25-27-29-31-33-35-37-38-40-42-44-46-48-50-52-54-56-58-60-62-64-66-68-70-72-80(93)89-76(75-99-87-85(98)83(96)86(79(74-91)101-87)102-88-84(97)82(95)81(94)78(73-90)100-88)77(92)71-69-67-65-63-61-59-57-55-53-51-49-47-45-43-41-39-36-34-32-30-28-26-24-22-20-18-16-14-12-10-8-6-4-2/h5,7,11,13,17,19,23,25,29,31,35,37,40,42,69,71,76-79,81-88,90-92,94-98H,3-4,6,8-10,12,14-16,18,20-22,24,26-28,30,32-34,36,38-39,41,43-68,70,72-75H2,1-2H3,(H,89,93)/b7-5-,13-11-,19-17-,25-23-,31-29-,37-35-,42-40-,71-69+. The molecule has 12 atom stereocenters. The van der Waals surface area contributed by atoms with Gasteiger partial charge in [-0.3, -0.25) is 4.79 Å². The van der Waals surface area contributed by atoms with Crippen LogP contribution in [0.3, 0.4) is 0 Å². The number of aliphatic hydroxyl groups is 8. The van der Waals surface area contributed by atoms with E-state index in [0.717, 1.165) is 89.9 Å². The first-order chi connectivity index (χ1) is 50.1. The minimum atomic E-state index is -1.79. The number of carbonyl (C=O) groups excluding carboxylic acids is 1. The molecule has 0 saturated carbocycles. The number of rotatable bonds is 71. The summed E-state index contributed by atoms with van der Waals surface area (Å²) >= 11 is 0. The molecule has 0 spiro atoms. The van der Waals surface area contributed by atoms with Gasteiger partial charge in [0.15, 0.2) is 12.6 Å². The summed E-state index contributed by atoms with van der Waals surface area (Å²) in [6, 6.07) is -0.923. The minimum Gasteiger partial charge on any atom is -0.394 e. The monoisotopic (exact) mass is 1440 g/mol. The Bertz CT molecular complexity index is 2090. The molecular weight excluding hydrogens is 1280 g/mol. The summed E-state index contributed by atoms with van der Waals surface area (Å²) in [5, 5.41) is 87.8. The number of aliphatic hydroxyl groups excluding tert-OH is 8. The van der Waals surface area contributed by atoms with Crippen LogP contribution in [0.4, 0.5) is 0 Å². The smallest absolute Gasteiger partial charge is 0.220 e. The van der Waals surface area contributed by atoms with Gasteiger partial charge < -0.3 is 65.1 Å². The van der Waals surface area contributed by atoms with Crippen LogP contribution in [0.2, 0.25) is 0 Å². The quantitative estimate of drug-likeness (QED) is 0.0204. The van der Waals surface area contributed by atoms with Gasteiger partial charge in [0.1, 0.15) is 48.8 Å². The molecule has 592 valence electrons. The highest BCUT2D eigenvalue weighted by Gasteiger charge is 2.51. The van der Waals surface area contributed by atoms with Crippen molar-refractivity contribution in [1.29, 1.82) is 0 Å². The largest absolute Gasteiger partial charge is 0.394 e. The van der Waals surface area contributed by atoms with Crippen LogP contribution in [-0.4, -0.2) is 140 Å². The van der Waals surface area contributed by atoms with Crippen molar-refractivity contribution in [2.75, 3.05) is 19.8 Å². The average molecular weight is 1440 g/mol. The second-order valence-electron chi connectivity index (χ2n) is 29.6. The molecule has 2 aliphatic heterocycles. The number of ether oxygens (including phenoxy) is 4. The molecule has 0 aromatic carbocycles. The van der Waals surface area contributed by atoms with E-state index in [2.05, 4.69) is 104 Å². The first-order valence-corrected chi connectivity index (χ1v) is 42.5. The maximum absolute atomic E-state index is 13.4. The summed E-state index contributed by atoms with van der Waals surface area (Å²) < 4.78 is 22.9. The Balaban J connectivity index is 1.60. The SMILES string of the molecule is CC/C=C\C/C=C\C/C=C\C/C=C\C/C=C\C/C=C\C/C=C\CCCCCCCCCCCCCCCC(=O)NC(COC1OC(CO)C(OC2OC(CO)C(O)C(O)C2O)C(O)C1O)C(O)/C=C/CCCCCCCCCCCCCCCCCCCCCCCCCCCCCCCCC. The van der Waals surface area contributed by atoms with Crippen LogP contribution in [0.1, 0.15) is 361 Å². The molecule has 2 fully saturated rings. The van der Waals surface area contributed by atoms with Crippen molar-refractivity contribution in [2.24, 2.45) is 0 Å². The molecule has 0 aromatic rings. The second kappa shape index (κ2) is 70.9. The van der Waals surface area contributed by atoms with Gasteiger partial charge in [0.05, 0.1) is 32.0 Å². The molecular formula is C88H157NO13. The number of unbranched alkanes of at least 4 members (excludes halogenated alkanes) is 44. The summed E-state index contributed by atoms with van der Waals surface area (Å²) in [7, 11) is 0. The maximum Gasteiger partial charge on any atom is 0.220 e. The average Bonchev–Trinajstić information content (AvgIpc) is 0.790. The molecule has 2 aliphatic rings. The first-order valence-electron chi connectivity index (χ1n) is 42.5. The molecule has 14 heteroatoms. The van der Waals surface area contributed by atoms with Crippen molar-refractivity contribution in [2.45, 2.75) is 434 Å². The van der Waals surface area contributed by atoms with Crippen LogP contribution in [0.5, 0.6) is 0 Å². The van der Waals surface area contributed by atoms with E-state index >= 15 is 0 Å². The molecule has 2 saturated heterocycles. The summed E-state index contributed by atoms with van der Waals surface area (Å²) in [4.78, 5) is 13.4. The lowest BCUT2D eigenvalue weighted by atomic mass is 9.97. The van der Waals surface area contributed by atoms with E-state index in [1.54, 1.807) is 6.08 Å². The lowest BCUT2D eigenvalue weighted by Crippen LogP contribution is -2.65. The molecule has 0 aromatic heterocycles. The van der Waals surface area contributed by atoms with E-state index in [1.807, 2.05) is 6.08 Å². The van der Waals surface area contributed by atoms with Gasteiger partial charge >= 0.3 is 0 Å². The van der Waals surface area contributed by atoms with Gasteiger partial charge in [-0.25, -0.2) is 0 Å². The number of nitrogens with one attached hydrogen (secondary N) is 1. The van der Waals surface area contributed by atoms with Crippen molar-refractivity contribution in [3.63, 3.8) is 0 Å². The molecule has 1 amide bonds. The van der Waals surface area contributed by atoms with Crippen LogP contribution in [0.25, 0.3) is 0 Å². The third-order valence-corrected chi connectivity index (χ3v) is 20.3. The van der Waals surface area contributed by atoms with E-state index < -0.39 is 86.8 Å². The molecule has 9 N–H and O–H groups in total. The fourth-order valence-electron chi connectivity index (χ4n) is 13.6. The summed E-state index contributed by atoms with van der Waals surface area (Å²) in [5.41, 5.74) is 0. The Kier molecular flexibility index (Phi) is 66.0. The van der Waals surface area contributed by atoms with Crippen LogP contribution in [0, 0.1) is 0 Å². The van der Waals surface area contributed by atoms with E-state index in [1.165, 1.54) is 244 Å². The molecule has 2 heterocycles. The van der Waals surface area contributed by atoms with Crippen molar-refractivity contribution in [1.82, 2.24) is 5.32 Å². The predicted molar refractivity (Wildman–Crippen MR) is 424 cm³/mol. The lowest BCUT2D eigenvalue weighted by Gasteiger charge is -2.46. The van der Waals surface area contributed by atoms with Crippen molar-refractivity contribution >= 4 is 5.91 Å². The zero-order chi connectivity index (χ0) is 73.7. The fourth-order valence-corrected chi connectivity index (χ4v) is 13.6. The molecule has 0 aliphatic carbocycles. The van der Waals surface area contributed by atoms with Crippen molar-refractivity contribution in [3.05, 3.63) is 97.2 Å². The Labute approximate surface area is 623 Å². The summed E-state index contributed by atoms with van der Waals surface area (Å²) in [5.74, 6) is -0.239. The number of hydrogen-bond donors (Lipinski definition) is 9. The highest BCUT2D eigenvalue weighted by molar-refractivity contribution is 5.76. The number of amides is 1. The maximum atomic E-state index is 13.4. The van der Waals surface area contributed by atoms with Crippen LogP contribution >= 0.6 is 0 Å². The first kappa shape index (κ1) is 95.0. The Hall–Kier alpha value is -3.09. The third kappa shape index (κ3) is 52.8. The highest BCUT2D eigenvalue weighted by Crippen LogP contribution is 2.30. The minimum absolute atomic E-state index is 0.239. The van der Waals surface area contributed by atoms with E-state index in [9.17, 15) is 45.6 Å². The van der Waals surface area contributed by atoms with Gasteiger partial charge in [-0.2, -0.15) is 0 Å². The topological polar surface area (TPSA) is 228 Å². The summed E-state index contributed by atoms with van der Waals surface area (Å²) in [6.45, 7) is 2.73. The fraction of sp³-hybridized carbons (Fsp3) is 0.807. The Morgan fingerprint density at radius 3 is 1.04 bits per heavy atom. The Morgan fingerprint density at radius 1 is 0.363 bits per heavy atom. The normalized spacial score (nSPS) is 22.1.